The fourth-order valence-corrected chi connectivity index (χ4v) is 3.43. The van der Waals surface area contributed by atoms with Gasteiger partial charge in [0.15, 0.2) is 0 Å². The number of likely N-dealkylation sites (tertiary alicyclic amines) is 1. The molecular formula is C11H18N2O4S. The molecule has 1 N–H and O–H groups in total. The Bertz CT molecular complexity index is 364. The van der Waals surface area contributed by atoms with E-state index in [4.69, 9.17) is 5.11 Å². The number of piperidine rings is 1. The minimum Gasteiger partial charge on any atom is -0.481 e. The molecule has 2 rings (SSSR count). The lowest BCUT2D eigenvalue weighted by Gasteiger charge is -2.36. The standard InChI is InChI=1S/C11H18N2O4S/c14-10(15)9-2-1-3-13(8-9)11(16)12-4-6-18(17)7-5-12/h9H,1-8H2,(H,14,15)/t9-/m0/s1. The summed E-state index contributed by atoms with van der Waals surface area (Å²) in [5.41, 5.74) is 0. The molecule has 0 aromatic carbocycles. The van der Waals surface area contributed by atoms with Gasteiger partial charge >= 0.3 is 12.0 Å². The number of carboxylic acids is 1. The molecule has 0 spiro atoms. The molecular weight excluding hydrogens is 256 g/mol. The number of amides is 2. The number of nitrogens with zero attached hydrogens (tertiary/aromatic N) is 2. The summed E-state index contributed by atoms with van der Waals surface area (Å²) in [5, 5.41) is 8.99. The first-order chi connectivity index (χ1) is 8.58. The van der Waals surface area contributed by atoms with Crippen molar-refractivity contribution in [3.05, 3.63) is 0 Å². The van der Waals surface area contributed by atoms with Crippen LogP contribution in [-0.2, 0) is 15.6 Å². The van der Waals surface area contributed by atoms with Gasteiger partial charge < -0.3 is 14.9 Å². The summed E-state index contributed by atoms with van der Waals surface area (Å²) in [6.45, 7) is 1.95. The summed E-state index contributed by atoms with van der Waals surface area (Å²) in [5.74, 6) is -0.210. The largest absolute Gasteiger partial charge is 0.481 e. The van der Waals surface area contributed by atoms with Crippen molar-refractivity contribution in [2.75, 3.05) is 37.7 Å². The molecule has 0 aliphatic carbocycles. The third-order valence-electron chi connectivity index (χ3n) is 3.49. The van der Waals surface area contributed by atoms with Crippen LogP contribution in [0.5, 0.6) is 0 Å². The number of carbonyl (C=O) groups is 2. The molecule has 0 radical (unpaired) electrons. The Balaban J connectivity index is 1.92. The average Bonchev–Trinajstić information content (AvgIpc) is 2.39. The van der Waals surface area contributed by atoms with Crippen molar-refractivity contribution < 1.29 is 18.9 Å². The predicted octanol–water partition coefficient (Wildman–Crippen LogP) is -0.0327. The molecule has 2 aliphatic rings. The molecule has 2 saturated heterocycles. The zero-order valence-corrected chi connectivity index (χ0v) is 11.0. The zero-order chi connectivity index (χ0) is 13.1. The Morgan fingerprint density at radius 3 is 2.39 bits per heavy atom. The number of carbonyl (C=O) groups excluding carboxylic acids is 1. The lowest BCUT2D eigenvalue weighted by molar-refractivity contribution is -0.143. The molecule has 0 aromatic rings. The Kier molecular flexibility index (Phi) is 4.21. The van der Waals surface area contributed by atoms with Gasteiger partial charge in [0.05, 0.1) is 5.92 Å². The minimum absolute atomic E-state index is 0.0994. The van der Waals surface area contributed by atoms with E-state index in [2.05, 4.69) is 0 Å². The molecule has 0 saturated carbocycles. The summed E-state index contributed by atoms with van der Waals surface area (Å²) < 4.78 is 11.2. The van der Waals surface area contributed by atoms with Gasteiger partial charge in [0, 0.05) is 48.5 Å². The number of rotatable bonds is 1. The van der Waals surface area contributed by atoms with E-state index >= 15 is 0 Å². The van der Waals surface area contributed by atoms with Gasteiger partial charge in [-0.3, -0.25) is 9.00 Å². The van der Waals surface area contributed by atoms with Crippen molar-refractivity contribution in [1.82, 2.24) is 9.80 Å². The fraction of sp³-hybridized carbons (Fsp3) is 0.818. The van der Waals surface area contributed by atoms with E-state index in [1.165, 1.54) is 0 Å². The lowest BCUT2D eigenvalue weighted by Crippen LogP contribution is -2.52. The first-order valence-electron chi connectivity index (χ1n) is 6.19. The number of hydrogen-bond donors (Lipinski definition) is 1. The van der Waals surface area contributed by atoms with Crippen LogP contribution in [0.2, 0.25) is 0 Å². The highest BCUT2D eigenvalue weighted by molar-refractivity contribution is 7.85. The summed E-state index contributed by atoms with van der Waals surface area (Å²) in [4.78, 5) is 26.4. The maximum absolute atomic E-state index is 12.2. The molecule has 2 heterocycles. The SMILES string of the molecule is O=C(O)[C@H]1CCCN(C(=O)N2CCS(=O)CC2)C1. The normalized spacial score (nSPS) is 26.1. The van der Waals surface area contributed by atoms with E-state index in [9.17, 15) is 13.8 Å². The Hall–Kier alpha value is -1.11. The van der Waals surface area contributed by atoms with Crippen LogP contribution in [0.1, 0.15) is 12.8 Å². The fourth-order valence-electron chi connectivity index (χ4n) is 2.38. The Morgan fingerprint density at radius 2 is 1.78 bits per heavy atom. The van der Waals surface area contributed by atoms with Gasteiger partial charge in [-0.05, 0) is 12.8 Å². The highest BCUT2D eigenvalue weighted by Crippen LogP contribution is 2.18. The van der Waals surface area contributed by atoms with Crippen molar-refractivity contribution in [2.24, 2.45) is 5.92 Å². The van der Waals surface area contributed by atoms with Gasteiger partial charge in [-0.1, -0.05) is 0 Å². The van der Waals surface area contributed by atoms with Crippen LogP contribution in [0.3, 0.4) is 0 Å². The van der Waals surface area contributed by atoms with E-state index in [0.717, 1.165) is 6.42 Å². The van der Waals surface area contributed by atoms with Gasteiger partial charge in [0.2, 0.25) is 0 Å². The summed E-state index contributed by atoms with van der Waals surface area (Å²) >= 11 is 0. The summed E-state index contributed by atoms with van der Waals surface area (Å²) in [6.07, 6.45) is 1.38. The monoisotopic (exact) mass is 274 g/mol. The maximum Gasteiger partial charge on any atom is 0.320 e. The van der Waals surface area contributed by atoms with Crippen molar-refractivity contribution in [3.8, 4) is 0 Å². The van der Waals surface area contributed by atoms with Gasteiger partial charge in [0.25, 0.3) is 0 Å². The lowest BCUT2D eigenvalue weighted by atomic mass is 9.99. The second kappa shape index (κ2) is 5.69. The highest BCUT2D eigenvalue weighted by atomic mass is 32.2. The molecule has 1 atom stereocenters. The van der Waals surface area contributed by atoms with E-state index in [1.807, 2.05) is 0 Å². The van der Waals surface area contributed by atoms with E-state index < -0.39 is 22.7 Å². The molecule has 0 unspecified atom stereocenters. The Morgan fingerprint density at radius 1 is 1.11 bits per heavy atom. The molecule has 6 nitrogen and oxygen atoms in total. The minimum atomic E-state index is -0.827. The topological polar surface area (TPSA) is 77.9 Å². The van der Waals surface area contributed by atoms with Crippen molar-refractivity contribution in [2.45, 2.75) is 12.8 Å². The van der Waals surface area contributed by atoms with Crippen LogP contribution in [-0.4, -0.2) is 68.8 Å². The third-order valence-corrected chi connectivity index (χ3v) is 4.77. The molecule has 0 bridgehead atoms. The number of urea groups is 1. The maximum atomic E-state index is 12.2. The summed E-state index contributed by atoms with van der Waals surface area (Å²) in [7, 11) is -0.803. The van der Waals surface area contributed by atoms with Crippen LogP contribution in [0.25, 0.3) is 0 Å². The third kappa shape index (κ3) is 3.01. The highest BCUT2D eigenvalue weighted by Gasteiger charge is 2.31. The zero-order valence-electron chi connectivity index (χ0n) is 10.2. The van der Waals surface area contributed by atoms with Gasteiger partial charge in [-0.15, -0.1) is 0 Å². The van der Waals surface area contributed by atoms with Crippen LogP contribution in [0.15, 0.2) is 0 Å². The smallest absolute Gasteiger partial charge is 0.320 e. The molecule has 2 amide bonds. The molecule has 0 aromatic heterocycles. The van der Waals surface area contributed by atoms with E-state index in [0.29, 0.717) is 44.1 Å². The molecule has 2 aliphatic heterocycles. The van der Waals surface area contributed by atoms with Crippen molar-refractivity contribution in [1.29, 1.82) is 0 Å². The van der Waals surface area contributed by atoms with Crippen LogP contribution in [0, 0.1) is 5.92 Å². The van der Waals surface area contributed by atoms with Crippen LogP contribution in [0.4, 0.5) is 4.79 Å². The van der Waals surface area contributed by atoms with E-state index in [-0.39, 0.29) is 6.03 Å². The van der Waals surface area contributed by atoms with Gasteiger partial charge in [-0.2, -0.15) is 0 Å². The average molecular weight is 274 g/mol. The van der Waals surface area contributed by atoms with Crippen molar-refractivity contribution in [3.63, 3.8) is 0 Å². The predicted molar refractivity (Wildman–Crippen MR) is 66.8 cm³/mol. The molecule has 102 valence electrons. The quantitative estimate of drug-likeness (QED) is 0.728. The molecule has 7 heteroatoms. The van der Waals surface area contributed by atoms with Crippen molar-refractivity contribution >= 4 is 22.8 Å². The van der Waals surface area contributed by atoms with Crippen LogP contribution < -0.4 is 0 Å². The second-order valence-electron chi connectivity index (χ2n) is 4.74. The van der Waals surface area contributed by atoms with Gasteiger partial charge in [-0.25, -0.2) is 4.79 Å². The molecule has 2 fully saturated rings. The number of carboxylic acid groups (broad SMARTS) is 1. The first kappa shape index (κ1) is 13.3. The first-order valence-corrected chi connectivity index (χ1v) is 7.68. The van der Waals surface area contributed by atoms with E-state index in [1.54, 1.807) is 9.80 Å². The second-order valence-corrected chi connectivity index (χ2v) is 6.44. The Labute approximate surface area is 108 Å². The number of hydrogen-bond acceptors (Lipinski definition) is 3. The van der Waals surface area contributed by atoms with Gasteiger partial charge in [0.1, 0.15) is 0 Å². The number of aliphatic carboxylic acids is 1. The van der Waals surface area contributed by atoms with Crippen LogP contribution >= 0.6 is 0 Å². The molecule has 18 heavy (non-hydrogen) atoms. The summed E-state index contributed by atoms with van der Waals surface area (Å²) in [6, 6.07) is -0.0994.